The summed E-state index contributed by atoms with van der Waals surface area (Å²) in [5.41, 5.74) is -0.711. The molecule has 1 aromatic heterocycles. The fourth-order valence-corrected chi connectivity index (χ4v) is 2.78. The van der Waals surface area contributed by atoms with E-state index in [4.69, 9.17) is 0 Å². The summed E-state index contributed by atoms with van der Waals surface area (Å²) in [6.45, 7) is 3.43. The summed E-state index contributed by atoms with van der Waals surface area (Å²) in [4.78, 5) is 29.0. The van der Waals surface area contributed by atoms with Crippen molar-refractivity contribution in [2.75, 3.05) is 0 Å². The van der Waals surface area contributed by atoms with Gasteiger partial charge in [0.1, 0.15) is 23.2 Å². The molecular formula is C16H17F2N3O2S. The van der Waals surface area contributed by atoms with Gasteiger partial charge in [0.05, 0.1) is 0 Å². The molecule has 24 heavy (non-hydrogen) atoms. The van der Waals surface area contributed by atoms with Gasteiger partial charge in [0.25, 0.3) is 11.8 Å². The van der Waals surface area contributed by atoms with E-state index in [1.165, 1.54) is 17.4 Å². The van der Waals surface area contributed by atoms with Gasteiger partial charge >= 0.3 is 0 Å². The van der Waals surface area contributed by atoms with E-state index in [0.29, 0.717) is 4.80 Å². The minimum atomic E-state index is -0.987. The van der Waals surface area contributed by atoms with Crippen LogP contribution in [0.2, 0.25) is 0 Å². The molecule has 0 aliphatic carbocycles. The molecule has 1 aromatic carbocycles. The quantitative estimate of drug-likeness (QED) is 0.916. The number of thiazole rings is 1. The van der Waals surface area contributed by atoms with E-state index < -0.39 is 35.1 Å². The molecule has 0 radical (unpaired) electrons. The Morgan fingerprint density at radius 2 is 1.88 bits per heavy atom. The van der Waals surface area contributed by atoms with E-state index in [9.17, 15) is 18.4 Å². The molecule has 1 N–H and O–H groups in total. The summed E-state index contributed by atoms with van der Waals surface area (Å²) in [6, 6.07) is 2.15. The van der Waals surface area contributed by atoms with Gasteiger partial charge in [0.2, 0.25) is 0 Å². The highest BCUT2D eigenvalue weighted by Crippen LogP contribution is 2.13. The highest BCUT2D eigenvalue weighted by atomic mass is 32.1. The van der Waals surface area contributed by atoms with E-state index in [1.807, 2.05) is 0 Å². The highest BCUT2D eigenvalue weighted by molar-refractivity contribution is 7.07. The molecule has 2 aromatic rings. The number of rotatable bonds is 4. The van der Waals surface area contributed by atoms with Crippen molar-refractivity contribution in [1.29, 1.82) is 0 Å². The highest BCUT2D eigenvalue weighted by Gasteiger charge is 2.27. The predicted molar refractivity (Wildman–Crippen MR) is 86.3 cm³/mol. The normalized spacial score (nSPS) is 13.2. The van der Waals surface area contributed by atoms with Crippen LogP contribution in [0.4, 0.5) is 8.78 Å². The van der Waals surface area contributed by atoms with Gasteiger partial charge in [-0.25, -0.2) is 8.78 Å². The van der Waals surface area contributed by atoms with Gasteiger partial charge in [-0.1, -0.05) is 19.9 Å². The minimum Gasteiger partial charge on any atom is -0.340 e. The van der Waals surface area contributed by atoms with E-state index in [2.05, 4.69) is 10.3 Å². The summed E-state index contributed by atoms with van der Waals surface area (Å²) >= 11 is 1.27. The number of hydrogen-bond donors (Lipinski definition) is 1. The fraction of sp³-hybridized carbons (Fsp3) is 0.312. The van der Waals surface area contributed by atoms with Crippen LogP contribution in [0.5, 0.6) is 0 Å². The number of aryl methyl sites for hydroxylation is 1. The monoisotopic (exact) mass is 353 g/mol. The topological polar surface area (TPSA) is 63.5 Å². The van der Waals surface area contributed by atoms with Crippen LogP contribution in [-0.4, -0.2) is 22.4 Å². The molecule has 0 bridgehead atoms. The summed E-state index contributed by atoms with van der Waals surface area (Å²) in [5.74, 6) is -3.82. The number of amides is 2. The van der Waals surface area contributed by atoms with Crippen molar-refractivity contribution in [3.63, 3.8) is 0 Å². The van der Waals surface area contributed by atoms with Gasteiger partial charge < -0.3 is 9.88 Å². The number of carbonyl (C=O) groups excluding carboxylic acids is 2. The molecule has 1 atom stereocenters. The second kappa shape index (κ2) is 7.48. The third-order valence-corrected chi connectivity index (χ3v) is 4.22. The van der Waals surface area contributed by atoms with Crippen LogP contribution in [0.3, 0.4) is 0 Å². The second-order valence-electron chi connectivity index (χ2n) is 5.54. The average Bonchev–Trinajstić information content (AvgIpc) is 2.89. The van der Waals surface area contributed by atoms with Gasteiger partial charge in [-0.3, -0.25) is 9.59 Å². The molecule has 1 heterocycles. The van der Waals surface area contributed by atoms with Crippen LogP contribution in [0.25, 0.3) is 0 Å². The summed E-state index contributed by atoms with van der Waals surface area (Å²) < 4.78 is 29.1. The Labute approximate surface area is 141 Å². The van der Waals surface area contributed by atoms with Crippen molar-refractivity contribution in [1.82, 2.24) is 9.88 Å². The lowest BCUT2D eigenvalue weighted by Gasteiger charge is -2.19. The lowest BCUT2D eigenvalue weighted by atomic mass is 10.0. The molecule has 0 saturated carbocycles. The van der Waals surface area contributed by atoms with Crippen LogP contribution >= 0.6 is 11.3 Å². The van der Waals surface area contributed by atoms with Crippen LogP contribution in [0.1, 0.15) is 24.2 Å². The molecule has 2 rings (SSSR count). The smallest absolute Gasteiger partial charge is 0.271 e. The van der Waals surface area contributed by atoms with Gasteiger partial charge in [-0.15, -0.1) is 11.3 Å². The molecule has 0 fully saturated rings. The SMILES string of the molecule is CC(C)[C@H](NC(=O)c1c(F)cccc1F)C(=O)N=c1sccn1C. The fourth-order valence-electron chi connectivity index (χ4n) is 2.04. The van der Waals surface area contributed by atoms with Gasteiger partial charge in [0, 0.05) is 18.6 Å². The first-order chi connectivity index (χ1) is 11.3. The Balaban J connectivity index is 2.28. The molecular weight excluding hydrogens is 336 g/mol. The molecule has 0 aliphatic rings. The van der Waals surface area contributed by atoms with Crippen LogP contribution in [0.15, 0.2) is 34.8 Å². The minimum absolute atomic E-state index is 0.301. The number of hydrogen-bond acceptors (Lipinski definition) is 3. The Morgan fingerprint density at radius 1 is 1.25 bits per heavy atom. The van der Waals surface area contributed by atoms with E-state index in [1.54, 1.807) is 37.0 Å². The zero-order chi connectivity index (χ0) is 17.9. The lowest BCUT2D eigenvalue weighted by Crippen LogP contribution is -2.45. The third kappa shape index (κ3) is 3.94. The van der Waals surface area contributed by atoms with Crippen molar-refractivity contribution < 1.29 is 18.4 Å². The van der Waals surface area contributed by atoms with Crippen molar-refractivity contribution in [3.05, 3.63) is 51.8 Å². The zero-order valence-corrected chi connectivity index (χ0v) is 14.2. The van der Waals surface area contributed by atoms with Crippen molar-refractivity contribution >= 4 is 23.2 Å². The van der Waals surface area contributed by atoms with Gasteiger partial charge in [0.15, 0.2) is 4.80 Å². The predicted octanol–water partition coefficient (Wildman–Crippen LogP) is 2.25. The first-order valence-corrected chi connectivity index (χ1v) is 8.12. The number of aromatic nitrogens is 1. The van der Waals surface area contributed by atoms with E-state index in [0.717, 1.165) is 12.1 Å². The summed E-state index contributed by atoms with van der Waals surface area (Å²) in [7, 11) is 1.74. The number of nitrogens with one attached hydrogen (secondary N) is 1. The molecule has 0 aliphatic heterocycles. The summed E-state index contributed by atoms with van der Waals surface area (Å²) in [6.07, 6.45) is 1.74. The number of benzene rings is 1. The van der Waals surface area contributed by atoms with E-state index >= 15 is 0 Å². The van der Waals surface area contributed by atoms with Crippen molar-refractivity contribution in [2.24, 2.45) is 18.0 Å². The lowest BCUT2D eigenvalue weighted by molar-refractivity contribution is -0.120. The Morgan fingerprint density at radius 3 is 2.38 bits per heavy atom. The van der Waals surface area contributed by atoms with Gasteiger partial charge in [-0.05, 0) is 18.1 Å². The van der Waals surface area contributed by atoms with Crippen LogP contribution in [-0.2, 0) is 11.8 Å². The first kappa shape index (κ1) is 18.0. The Hall–Kier alpha value is -2.35. The summed E-state index contributed by atoms with van der Waals surface area (Å²) in [5, 5.41) is 4.15. The standard InChI is InChI=1S/C16H17F2N3O2S/c1-9(2)13(15(23)20-16-21(3)7-8-24-16)19-14(22)12-10(17)5-4-6-11(12)18/h4-9,13H,1-3H3,(H,19,22)/t13-/m0/s1. The number of nitrogens with zero attached hydrogens (tertiary/aromatic N) is 2. The average molecular weight is 353 g/mol. The second-order valence-corrected chi connectivity index (χ2v) is 6.41. The molecule has 2 amide bonds. The van der Waals surface area contributed by atoms with E-state index in [-0.39, 0.29) is 5.92 Å². The van der Waals surface area contributed by atoms with Crippen molar-refractivity contribution in [2.45, 2.75) is 19.9 Å². The van der Waals surface area contributed by atoms with Crippen molar-refractivity contribution in [3.8, 4) is 0 Å². The van der Waals surface area contributed by atoms with Gasteiger partial charge in [-0.2, -0.15) is 4.99 Å². The maximum absolute atomic E-state index is 13.7. The number of halogens is 2. The first-order valence-electron chi connectivity index (χ1n) is 7.25. The Kier molecular flexibility index (Phi) is 5.61. The van der Waals surface area contributed by atoms with Crippen LogP contribution in [0, 0.1) is 17.6 Å². The molecule has 8 heteroatoms. The third-order valence-electron chi connectivity index (χ3n) is 3.37. The maximum atomic E-state index is 13.7. The molecule has 128 valence electrons. The van der Waals surface area contributed by atoms with Crippen LogP contribution < -0.4 is 10.1 Å². The largest absolute Gasteiger partial charge is 0.340 e. The molecule has 5 nitrogen and oxygen atoms in total. The number of carbonyl (C=O) groups is 2. The molecule has 0 spiro atoms. The zero-order valence-electron chi connectivity index (χ0n) is 13.4. The molecule has 0 saturated heterocycles. The Bertz CT molecular complexity index is 806. The molecule has 0 unspecified atom stereocenters. The maximum Gasteiger partial charge on any atom is 0.271 e.